The molecule has 2 N–H and O–H groups in total. The number of nitrogens with zero attached hydrogens (tertiary/aromatic N) is 2. The molecule has 0 aromatic carbocycles. The Kier molecular flexibility index (Phi) is 2.90. The highest BCUT2D eigenvalue weighted by Crippen LogP contribution is 2.34. The van der Waals surface area contributed by atoms with Crippen molar-refractivity contribution in [3.8, 4) is 0 Å². The van der Waals surface area contributed by atoms with Crippen LogP contribution in [0, 0.1) is 0 Å². The van der Waals surface area contributed by atoms with E-state index in [0.717, 1.165) is 4.21 Å². The zero-order chi connectivity index (χ0) is 9.97. The summed E-state index contributed by atoms with van der Waals surface area (Å²) in [6.07, 6.45) is 1.41. The molecular formula is C8H6ClN3S2. The number of halogens is 1. The number of nitrogens with two attached hydrogens (primary N) is 1. The minimum atomic E-state index is 0.305. The van der Waals surface area contributed by atoms with Crippen LogP contribution in [-0.2, 0) is 0 Å². The molecule has 2 aromatic heterocycles. The highest BCUT2D eigenvalue weighted by molar-refractivity contribution is 8.01. The largest absolute Gasteiger partial charge is 0.394 e. The van der Waals surface area contributed by atoms with Crippen LogP contribution in [0.1, 0.15) is 0 Å². The summed E-state index contributed by atoms with van der Waals surface area (Å²) in [6.45, 7) is 0. The van der Waals surface area contributed by atoms with E-state index >= 15 is 0 Å². The lowest BCUT2D eigenvalue weighted by Crippen LogP contribution is -1.94. The molecule has 0 radical (unpaired) electrons. The van der Waals surface area contributed by atoms with Crippen molar-refractivity contribution < 1.29 is 0 Å². The molecule has 3 nitrogen and oxygen atoms in total. The quantitative estimate of drug-likeness (QED) is 0.824. The highest BCUT2D eigenvalue weighted by Gasteiger charge is 2.07. The number of hydrogen-bond donors (Lipinski definition) is 1. The van der Waals surface area contributed by atoms with Gasteiger partial charge in [-0.05, 0) is 11.4 Å². The van der Waals surface area contributed by atoms with E-state index in [0.29, 0.717) is 15.9 Å². The van der Waals surface area contributed by atoms with E-state index in [2.05, 4.69) is 9.97 Å². The van der Waals surface area contributed by atoms with Crippen LogP contribution in [0.2, 0.25) is 5.15 Å². The minimum Gasteiger partial charge on any atom is -0.394 e. The van der Waals surface area contributed by atoms with Gasteiger partial charge in [0.2, 0.25) is 0 Å². The molecule has 0 aliphatic rings. The lowest BCUT2D eigenvalue weighted by molar-refractivity contribution is 1.06. The second kappa shape index (κ2) is 4.16. The van der Waals surface area contributed by atoms with Crippen LogP contribution < -0.4 is 5.73 Å². The van der Waals surface area contributed by atoms with Crippen LogP contribution in [0.25, 0.3) is 0 Å². The van der Waals surface area contributed by atoms with Gasteiger partial charge in [0.05, 0.1) is 4.21 Å². The average molecular weight is 244 g/mol. The summed E-state index contributed by atoms with van der Waals surface area (Å²) in [5.74, 6) is 0. The van der Waals surface area contributed by atoms with Crippen LogP contribution in [0.5, 0.6) is 0 Å². The SMILES string of the molecule is Nc1c(Cl)ncnc1Sc1cccs1. The first-order chi connectivity index (χ1) is 6.77. The summed E-state index contributed by atoms with van der Waals surface area (Å²) < 4.78 is 1.13. The standard InChI is InChI=1S/C8H6ClN3S2/c9-7-6(10)8(12-4-11-7)14-5-2-1-3-13-5/h1-4H,10H2. The molecule has 72 valence electrons. The number of aromatic nitrogens is 2. The van der Waals surface area contributed by atoms with Crippen LogP contribution in [0.4, 0.5) is 5.69 Å². The highest BCUT2D eigenvalue weighted by atomic mass is 35.5. The monoisotopic (exact) mass is 243 g/mol. The molecule has 6 heteroatoms. The van der Waals surface area contributed by atoms with Crippen LogP contribution in [-0.4, -0.2) is 9.97 Å². The molecule has 2 heterocycles. The van der Waals surface area contributed by atoms with Gasteiger partial charge in [0.25, 0.3) is 0 Å². The maximum absolute atomic E-state index is 5.77. The van der Waals surface area contributed by atoms with Crippen LogP contribution in [0.15, 0.2) is 33.1 Å². The van der Waals surface area contributed by atoms with E-state index in [1.54, 1.807) is 11.3 Å². The zero-order valence-electron chi connectivity index (χ0n) is 6.98. The first-order valence-corrected chi connectivity index (χ1v) is 5.82. The lowest BCUT2D eigenvalue weighted by atomic mass is 10.6. The molecule has 2 rings (SSSR count). The Morgan fingerprint density at radius 1 is 1.43 bits per heavy atom. The van der Waals surface area contributed by atoms with Crippen LogP contribution in [0.3, 0.4) is 0 Å². The first-order valence-electron chi connectivity index (χ1n) is 3.74. The molecular weight excluding hydrogens is 238 g/mol. The Balaban J connectivity index is 2.29. The van der Waals surface area contributed by atoms with Crippen molar-refractivity contribution in [1.82, 2.24) is 9.97 Å². The fraction of sp³-hybridized carbons (Fsp3) is 0. The normalized spacial score (nSPS) is 10.4. The molecule has 0 spiro atoms. The number of rotatable bonds is 2. The third kappa shape index (κ3) is 2.00. The Morgan fingerprint density at radius 2 is 2.29 bits per heavy atom. The Morgan fingerprint density at radius 3 is 3.00 bits per heavy atom. The maximum atomic E-state index is 5.77. The Hall–Kier alpha value is -0.780. The second-order valence-electron chi connectivity index (χ2n) is 2.42. The first kappa shape index (κ1) is 9.76. The topological polar surface area (TPSA) is 51.8 Å². The lowest BCUT2D eigenvalue weighted by Gasteiger charge is -2.02. The van der Waals surface area contributed by atoms with Gasteiger partial charge in [-0.2, -0.15) is 0 Å². The van der Waals surface area contributed by atoms with Crippen LogP contribution >= 0.6 is 34.7 Å². The van der Waals surface area contributed by atoms with E-state index < -0.39 is 0 Å². The van der Waals surface area contributed by atoms with Crippen molar-refractivity contribution in [3.63, 3.8) is 0 Å². The molecule has 0 unspecified atom stereocenters. The van der Waals surface area contributed by atoms with Gasteiger partial charge < -0.3 is 5.73 Å². The molecule has 14 heavy (non-hydrogen) atoms. The van der Waals surface area contributed by atoms with Gasteiger partial charge in [-0.25, -0.2) is 9.97 Å². The number of hydrogen-bond acceptors (Lipinski definition) is 5. The number of nitrogen functional groups attached to an aromatic ring is 1. The van der Waals surface area contributed by atoms with Crippen molar-refractivity contribution in [3.05, 3.63) is 29.0 Å². The molecule has 0 aliphatic heterocycles. The molecule has 0 fully saturated rings. The molecule has 0 aliphatic carbocycles. The van der Waals surface area contributed by atoms with Gasteiger partial charge in [0, 0.05) is 0 Å². The summed E-state index contributed by atoms with van der Waals surface area (Å²) in [5, 5.41) is 3.01. The van der Waals surface area contributed by atoms with Gasteiger partial charge in [-0.15, -0.1) is 11.3 Å². The van der Waals surface area contributed by atoms with Gasteiger partial charge in [0.15, 0.2) is 5.15 Å². The van der Waals surface area contributed by atoms with Crippen molar-refractivity contribution >= 4 is 40.4 Å². The van der Waals surface area contributed by atoms with Crippen molar-refractivity contribution in [2.75, 3.05) is 5.73 Å². The summed E-state index contributed by atoms with van der Waals surface area (Å²) >= 11 is 8.90. The Bertz CT molecular complexity index is 430. The molecule has 0 bridgehead atoms. The fourth-order valence-electron chi connectivity index (χ4n) is 0.857. The van der Waals surface area contributed by atoms with E-state index in [4.69, 9.17) is 17.3 Å². The van der Waals surface area contributed by atoms with Crippen molar-refractivity contribution in [2.24, 2.45) is 0 Å². The van der Waals surface area contributed by atoms with E-state index in [1.165, 1.54) is 18.1 Å². The van der Waals surface area contributed by atoms with E-state index in [9.17, 15) is 0 Å². The predicted octanol–water partition coefficient (Wildman–Crippen LogP) is 2.92. The third-order valence-corrected chi connectivity index (χ3v) is 3.85. The summed E-state index contributed by atoms with van der Waals surface area (Å²) in [6, 6.07) is 3.98. The summed E-state index contributed by atoms with van der Waals surface area (Å²) in [7, 11) is 0. The Labute approximate surface area is 94.3 Å². The maximum Gasteiger partial charge on any atom is 0.156 e. The third-order valence-electron chi connectivity index (χ3n) is 1.49. The molecule has 0 saturated carbocycles. The van der Waals surface area contributed by atoms with E-state index in [-0.39, 0.29) is 0 Å². The summed E-state index contributed by atoms with van der Waals surface area (Å²) in [5.41, 5.74) is 6.16. The fourth-order valence-corrected chi connectivity index (χ4v) is 2.73. The smallest absolute Gasteiger partial charge is 0.156 e. The van der Waals surface area contributed by atoms with Crippen molar-refractivity contribution in [1.29, 1.82) is 0 Å². The predicted molar refractivity (Wildman–Crippen MR) is 59.9 cm³/mol. The second-order valence-corrected chi connectivity index (χ2v) is 5.01. The van der Waals surface area contributed by atoms with Gasteiger partial charge in [-0.3, -0.25) is 0 Å². The molecule has 0 atom stereocenters. The summed E-state index contributed by atoms with van der Waals surface area (Å²) in [4.78, 5) is 7.85. The van der Waals surface area contributed by atoms with Gasteiger partial charge in [-0.1, -0.05) is 29.4 Å². The van der Waals surface area contributed by atoms with Gasteiger partial charge in [0.1, 0.15) is 17.0 Å². The van der Waals surface area contributed by atoms with Crippen molar-refractivity contribution in [2.45, 2.75) is 9.24 Å². The van der Waals surface area contributed by atoms with E-state index in [1.807, 2.05) is 17.5 Å². The average Bonchev–Trinajstić information content (AvgIpc) is 2.66. The minimum absolute atomic E-state index is 0.305. The van der Waals surface area contributed by atoms with Gasteiger partial charge >= 0.3 is 0 Å². The molecule has 2 aromatic rings. The number of anilines is 1. The zero-order valence-corrected chi connectivity index (χ0v) is 9.36. The molecule has 0 amide bonds. The molecule has 0 saturated heterocycles. The number of thiophene rings is 1.